The van der Waals surface area contributed by atoms with Crippen LogP contribution in [0.1, 0.15) is 0 Å². The third-order valence-corrected chi connectivity index (χ3v) is 1.46. The monoisotopic (exact) mass is 237 g/mol. The minimum absolute atomic E-state index is 0.278. The molecular formula is C6H3FIO. The fraction of sp³-hybridized carbons (Fsp3) is 0. The average Bonchev–Trinajstić information content (AvgIpc) is 1.59. The van der Waals surface area contributed by atoms with E-state index >= 15 is 0 Å². The summed E-state index contributed by atoms with van der Waals surface area (Å²) in [5.41, 5.74) is 0. The zero-order chi connectivity index (χ0) is 6.85. The Morgan fingerprint density at radius 2 is 2.00 bits per heavy atom. The molecular weight excluding hydrogens is 234 g/mol. The molecule has 0 bridgehead atoms. The first-order chi connectivity index (χ1) is 4.18. The van der Waals surface area contributed by atoms with E-state index in [-0.39, 0.29) is 5.75 Å². The van der Waals surface area contributed by atoms with E-state index in [1.807, 2.05) is 22.6 Å². The molecule has 0 N–H and O–H groups in total. The maximum absolute atomic E-state index is 12.2. The van der Waals surface area contributed by atoms with Crippen LogP contribution in [0.25, 0.3) is 0 Å². The highest BCUT2D eigenvalue weighted by Gasteiger charge is 1.96. The second-order valence-corrected chi connectivity index (χ2v) is 2.85. The molecule has 0 saturated heterocycles. The zero-order valence-electron chi connectivity index (χ0n) is 4.40. The van der Waals surface area contributed by atoms with Crippen molar-refractivity contribution in [1.29, 1.82) is 0 Å². The summed E-state index contributed by atoms with van der Waals surface area (Å²) in [6.07, 6.45) is 0. The van der Waals surface area contributed by atoms with E-state index in [0.29, 0.717) is 3.57 Å². The fourth-order valence-electron chi connectivity index (χ4n) is 0.529. The van der Waals surface area contributed by atoms with Gasteiger partial charge in [0.1, 0.15) is 5.82 Å². The van der Waals surface area contributed by atoms with Crippen LogP contribution in [-0.4, -0.2) is 0 Å². The summed E-state index contributed by atoms with van der Waals surface area (Å²) in [5, 5.41) is 10.5. The van der Waals surface area contributed by atoms with Crippen LogP contribution in [0.4, 0.5) is 4.39 Å². The van der Waals surface area contributed by atoms with E-state index in [9.17, 15) is 9.50 Å². The van der Waals surface area contributed by atoms with Gasteiger partial charge in [-0.25, -0.2) is 4.39 Å². The summed E-state index contributed by atoms with van der Waals surface area (Å²) in [6, 6.07) is 3.65. The molecule has 0 saturated carbocycles. The van der Waals surface area contributed by atoms with Gasteiger partial charge in [0.15, 0.2) is 5.75 Å². The summed E-state index contributed by atoms with van der Waals surface area (Å²) >= 11 is 1.89. The quantitative estimate of drug-likeness (QED) is 0.618. The largest absolute Gasteiger partial charge is 0.290 e. The molecule has 1 radical (unpaired) electrons. The number of halogens is 2. The van der Waals surface area contributed by atoms with Crippen LogP contribution in [0.5, 0.6) is 5.75 Å². The first-order valence-electron chi connectivity index (χ1n) is 2.31. The minimum atomic E-state index is -0.466. The lowest BCUT2D eigenvalue weighted by atomic mass is 10.3. The lowest BCUT2D eigenvalue weighted by Gasteiger charge is -1.89. The lowest BCUT2D eigenvalue weighted by molar-refractivity contribution is 0.352. The number of hydrogen-bond acceptors (Lipinski definition) is 0. The molecule has 0 spiro atoms. The van der Waals surface area contributed by atoms with Crippen LogP contribution in [0.2, 0.25) is 0 Å². The molecule has 1 aromatic rings. The Morgan fingerprint density at radius 1 is 1.33 bits per heavy atom. The molecule has 47 valence electrons. The number of benzene rings is 1. The van der Waals surface area contributed by atoms with Crippen LogP contribution >= 0.6 is 22.6 Å². The van der Waals surface area contributed by atoms with Gasteiger partial charge in [-0.2, -0.15) is 0 Å². The molecule has 0 unspecified atom stereocenters. The molecule has 1 rings (SSSR count). The van der Waals surface area contributed by atoms with Crippen molar-refractivity contribution in [3.8, 4) is 5.75 Å². The SMILES string of the molecule is [O]c1cc(F)cc(I)c1. The maximum Gasteiger partial charge on any atom is 0.182 e. The zero-order valence-corrected chi connectivity index (χ0v) is 6.55. The van der Waals surface area contributed by atoms with Crippen molar-refractivity contribution in [3.63, 3.8) is 0 Å². The molecule has 1 aromatic carbocycles. The van der Waals surface area contributed by atoms with Crippen molar-refractivity contribution in [1.82, 2.24) is 0 Å². The second-order valence-electron chi connectivity index (χ2n) is 1.61. The smallest absolute Gasteiger partial charge is 0.182 e. The van der Waals surface area contributed by atoms with Gasteiger partial charge in [0.2, 0.25) is 0 Å². The van der Waals surface area contributed by atoms with Crippen LogP contribution in [0.15, 0.2) is 18.2 Å². The molecule has 1 nitrogen and oxygen atoms in total. The van der Waals surface area contributed by atoms with Crippen LogP contribution in [-0.2, 0) is 5.11 Å². The Balaban J connectivity index is 3.17. The predicted molar refractivity (Wildman–Crippen MR) is 39.2 cm³/mol. The Bertz CT molecular complexity index is 174. The van der Waals surface area contributed by atoms with Crippen LogP contribution in [0.3, 0.4) is 0 Å². The van der Waals surface area contributed by atoms with Gasteiger partial charge in [-0.05, 0) is 34.7 Å². The molecule has 0 atom stereocenters. The highest BCUT2D eigenvalue weighted by Crippen LogP contribution is 2.16. The maximum atomic E-state index is 12.2. The van der Waals surface area contributed by atoms with E-state index in [0.717, 1.165) is 6.07 Å². The van der Waals surface area contributed by atoms with E-state index < -0.39 is 5.82 Å². The summed E-state index contributed by atoms with van der Waals surface area (Å²) in [6.45, 7) is 0. The number of rotatable bonds is 0. The first kappa shape index (κ1) is 6.80. The summed E-state index contributed by atoms with van der Waals surface area (Å²) < 4.78 is 12.9. The third kappa shape index (κ3) is 1.82. The van der Waals surface area contributed by atoms with Crippen molar-refractivity contribution in [2.45, 2.75) is 0 Å². The third-order valence-electron chi connectivity index (χ3n) is 0.836. The molecule has 0 fully saturated rings. The fourth-order valence-corrected chi connectivity index (χ4v) is 1.13. The van der Waals surface area contributed by atoms with E-state index in [2.05, 4.69) is 0 Å². The molecule has 3 heteroatoms. The normalized spacial score (nSPS) is 9.56. The van der Waals surface area contributed by atoms with Crippen molar-refractivity contribution in [2.75, 3.05) is 0 Å². The van der Waals surface area contributed by atoms with Crippen molar-refractivity contribution < 1.29 is 9.50 Å². The second kappa shape index (κ2) is 2.51. The van der Waals surface area contributed by atoms with E-state index in [1.165, 1.54) is 12.1 Å². The topological polar surface area (TPSA) is 19.9 Å². The highest BCUT2D eigenvalue weighted by atomic mass is 127. The molecule has 0 aliphatic rings. The Hall–Kier alpha value is -0.320. The van der Waals surface area contributed by atoms with Gasteiger partial charge in [-0.1, -0.05) is 0 Å². The van der Waals surface area contributed by atoms with Gasteiger partial charge in [0, 0.05) is 9.64 Å². The molecule has 0 aliphatic heterocycles. The first-order valence-corrected chi connectivity index (χ1v) is 3.39. The predicted octanol–water partition coefficient (Wildman–Crippen LogP) is 2.57. The van der Waals surface area contributed by atoms with Gasteiger partial charge in [0.25, 0.3) is 0 Å². The van der Waals surface area contributed by atoms with E-state index in [1.54, 1.807) is 0 Å². The Morgan fingerprint density at radius 3 is 2.44 bits per heavy atom. The average molecular weight is 237 g/mol. The molecule has 0 aromatic heterocycles. The highest BCUT2D eigenvalue weighted by molar-refractivity contribution is 14.1. The van der Waals surface area contributed by atoms with Crippen LogP contribution in [0, 0.1) is 9.39 Å². The standard InChI is InChI=1S/C6H3FIO/c7-4-1-5(8)3-6(9)2-4/h1-3H. The summed E-state index contributed by atoms with van der Waals surface area (Å²) in [5.74, 6) is -0.744. The van der Waals surface area contributed by atoms with Gasteiger partial charge >= 0.3 is 0 Å². The van der Waals surface area contributed by atoms with Gasteiger partial charge in [-0.15, -0.1) is 0 Å². The Kier molecular flexibility index (Phi) is 1.90. The minimum Gasteiger partial charge on any atom is -0.290 e. The molecule has 0 heterocycles. The summed E-state index contributed by atoms with van der Waals surface area (Å²) in [4.78, 5) is 0. The van der Waals surface area contributed by atoms with Crippen molar-refractivity contribution in [2.24, 2.45) is 0 Å². The van der Waals surface area contributed by atoms with Crippen LogP contribution < -0.4 is 0 Å². The molecule has 0 aliphatic carbocycles. The van der Waals surface area contributed by atoms with Crippen molar-refractivity contribution >= 4 is 22.6 Å². The lowest BCUT2D eigenvalue weighted by Crippen LogP contribution is -1.74. The molecule has 0 amide bonds. The Labute approximate surface area is 65.7 Å². The molecule has 9 heavy (non-hydrogen) atoms. The van der Waals surface area contributed by atoms with Gasteiger partial charge in [-0.3, -0.25) is 5.11 Å². The van der Waals surface area contributed by atoms with E-state index in [4.69, 9.17) is 0 Å². The number of hydrogen-bond donors (Lipinski definition) is 0. The van der Waals surface area contributed by atoms with Gasteiger partial charge < -0.3 is 0 Å². The van der Waals surface area contributed by atoms with Gasteiger partial charge in [0.05, 0.1) is 0 Å². The van der Waals surface area contributed by atoms with Crippen molar-refractivity contribution in [3.05, 3.63) is 27.6 Å². The summed E-state index contributed by atoms with van der Waals surface area (Å²) in [7, 11) is 0.